The fourth-order valence-electron chi connectivity index (χ4n) is 0.787. The Bertz CT molecular complexity index is 271. The van der Waals surface area contributed by atoms with E-state index in [1.165, 1.54) is 0 Å². The summed E-state index contributed by atoms with van der Waals surface area (Å²) in [5, 5.41) is 0. The molecule has 0 aliphatic carbocycles. The van der Waals surface area contributed by atoms with Crippen LogP contribution >= 0.6 is 22.6 Å². The molecule has 0 radical (unpaired) electrons. The van der Waals surface area contributed by atoms with Gasteiger partial charge in [-0.25, -0.2) is 5.43 Å². The van der Waals surface area contributed by atoms with Crippen LogP contribution in [0.2, 0.25) is 0 Å². The molecule has 0 saturated heterocycles. The summed E-state index contributed by atoms with van der Waals surface area (Å²) in [6, 6.07) is 7.36. The molecule has 2 N–H and O–H groups in total. The maximum atomic E-state index is 11.2. The normalized spacial score (nSPS) is 9.50. The summed E-state index contributed by atoms with van der Waals surface area (Å²) in [5.74, 6) is -0.117. The minimum absolute atomic E-state index is 0.117. The highest BCUT2D eigenvalue weighted by Gasteiger charge is 2.01. The van der Waals surface area contributed by atoms with Gasteiger partial charge in [-0.15, -0.1) is 0 Å². The van der Waals surface area contributed by atoms with E-state index in [4.69, 9.17) is 0 Å². The van der Waals surface area contributed by atoms with E-state index in [0.717, 1.165) is 3.57 Å². The van der Waals surface area contributed by atoms with Crippen molar-refractivity contribution in [2.45, 2.75) is 0 Å². The van der Waals surface area contributed by atoms with Gasteiger partial charge < -0.3 is 0 Å². The maximum Gasteiger partial charge on any atom is 0.265 e. The minimum Gasteiger partial charge on any atom is -0.288 e. The van der Waals surface area contributed by atoms with Gasteiger partial charge in [0.2, 0.25) is 0 Å². The van der Waals surface area contributed by atoms with Gasteiger partial charge in [0.15, 0.2) is 0 Å². The molecule has 1 aromatic carbocycles. The summed E-state index contributed by atoms with van der Waals surface area (Å²) in [6.45, 7) is 0. The third-order valence-corrected chi connectivity index (χ3v) is 2.06. The molecule has 64 valence electrons. The highest BCUT2D eigenvalue weighted by Crippen LogP contribution is 2.05. The van der Waals surface area contributed by atoms with E-state index in [1.54, 1.807) is 19.2 Å². The molecule has 4 heteroatoms. The lowest BCUT2D eigenvalue weighted by molar-refractivity contribution is 0.0938. The lowest BCUT2D eigenvalue weighted by Crippen LogP contribution is -2.34. The van der Waals surface area contributed by atoms with Crippen LogP contribution in [-0.2, 0) is 0 Å². The van der Waals surface area contributed by atoms with Gasteiger partial charge in [-0.05, 0) is 46.9 Å². The lowest BCUT2D eigenvalue weighted by Gasteiger charge is -2.01. The van der Waals surface area contributed by atoms with Crippen LogP contribution in [-0.4, -0.2) is 13.0 Å². The molecule has 0 aliphatic heterocycles. The van der Waals surface area contributed by atoms with Crippen molar-refractivity contribution in [3.05, 3.63) is 33.4 Å². The Morgan fingerprint density at radius 3 is 2.42 bits per heavy atom. The summed E-state index contributed by atoms with van der Waals surface area (Å²) < 4.78 is 1.12. The number of carbonyl (C=O) groups is 1. The van der Waals surface area contributed by atoms with Gasteiger partial charge in [0, 0.05) is 16.2 Å². The van der Waals surface area contributed by atoms with Crippen LogP contribution in [0.15, 0.2) is 24.3 Å². The second-order valence-electron chi connectivity index (χ2n) is 2.21. The summed E-state index contributed by atoms with van der Waals surface area (Å²) in [6.07, 6.45) is 0. The van der Waals surface area contributed by atoms with E-state index in [1.807, 2.05) is 12.1 Å². The van der Waals surface area contributed by atoms with Crippen LogP contribution in [0.1, 0.15) is 10.4 Å². The van der Waals surface area contributed by atoms with E-state index in [9.17, 15) is 4.79 Å². The summed E-state index contributed by atoms with van der Waals surface area (Å²) in [7, 11) is 1.66. The molecule has 0 heterocycles. The number of hydrogen-bond donors (Lipinski definition) is 2. The Morgan fingerprint density at radius 2 is 1.92 bits per heavy atom. The molecule has 0 aliphatic rings. The molecule has 0 aromatic heterocycles. The molecule has 0 saturated carbocycles. The molecule has 0 unspecified atom stereocenters. The lowest BCUT2D eigenvalue weighted by atomic mass is 10.2. The zero-order chi connectivity index (χ0) is 8.97. The number of benzene rings is 1. The third kappa shape index (κ3) is 2.46. The number of halogens is 1. The molecule has 1 aromatic rings. The van der Waals surface area contributed by atoms with E-state index in [-0.39, 0.29) is 5.91 Å². The van der Waals surface area contributed by atoms with Gasteiger partial charge >= 0.3 is 0 Å². The van der Waals surface area contributed by atoms with E-state index in [0.29, 0.717) is 5.56 Å². The molecule has 1 amide bonds. The first kappa shape index (κ1) is 9.47. The predicted octanol–water partition coefficient (Wildman–Crippen LogP) is 1.16. The quantitative estimate of drug-likeness (QED) is 0.628. The summed E-state index contributed by atoms with van der Waals surface area (Å²) >= 11 is 2.19. The average Bonchev–Trinajstić information content (AvgIpc) is 2.06. The van der Waals surface area contributed by atoms with Gasteiger partial charge in [-0.3, -0.25) is 10.2 Å². The minimum atomic E-state index is -0.117. The zero-order valence-electron chi connectivity index (χ0n) is 6.60. The fourth-order valence-corrected chi connectivity index (χ4v) is 1.15. The van der Waals surface area contributed by atoms with E-state index in [2.05, 4.69) is 33.4 Å². The summed E-state index contributed by atoms with van der Waals surface area (Å²) in [5.41, 5.74) is 5.73. The second kappa shape index (κ2) is 4.42. The molecule has 0 fully saturated rings. The second-order valence-corrected chi connectivity index (χ2v) is 3.46. The predicted molar refractivity (Wildman–Crippen MR) is 55.7 cm³/mol. The number of hydrazine groups is 1. The van der Waals surface area contributed by atoms with Crippen molar-refractivity contribution in [2.24, 2.45) is 0 Å². The van der Waals surface area contributed by atoms with Crippen molar-refractivity contribution in [1.29, 1.82) is 0 Å². The first-order valence-corrected chi connectivity index (χ1v) is 4.54. The van der Waals surface area contributed by atoms with Gasteiger partial charge in [-0.2, -0.15) is 0 Å². The van der Waals surface area contributed by atoms with Gasteiger partial charge in [0.25, 0.3) is 5.91 Å². The van der Waals surface area contributed by atoms with Crippen molar-refractivity contribution in [2.75, 3.05) is 7.05 Å². The summed E-state index contributed by atoms with van der Waals surface area (Å²) in [4.78, 5) is 11.2. The Kier molecular flexibility index (Phi) is 3.48. The van der Waals surface area contributed by atoms with Crippen molar-refractivity contribution in [1.82, 2.24) is 10.9 Å². The molecule has 0 spiro atoms. The Hall–Kier alpha value is -0.620. The monoisotopic (exact) mass is 276 g/mol. The largest absolute Gasteiger partial charge is 0.288 e. The Balaban J connectivity index is 2.75. The van der Waals surface area contributed by atoms with Crippen LogP contribution in [0.25, 0.3) is 0 Å². The topological polar surface area (TPSA) is 41.1 Å². The van der Waals surface area contributed by atoms with Gasteiger partial charge in [-0.1, -0.05) is 0 Å². The molecule has 3 nitrogen and oxygen atoms in total. The molecule has 0 bridgehead atoms. The van der Waals surface area contributed by atoms with Gasteiger partial charge in [0.05, 0.1) is 0 Å². The van der Waals surface area contributed by atoms with Crippen LogP contribution < -0.4 is 10.9 Å². The number of amides is 1. The van der Waals surface area contributed by atoms with E-state index < -0.39 is 0 Å². The SMILES string of the molecule is CNNC(=O)c1ccc(I)cc1. The van der Waals surface area contributed by atoms with Crippen LogP contribution in [0.4, 0.5) is 0 Å². The Morgan fingerprint density at radius 1 is 1.33 bits per heavy atom. The smallest absolute Gasteiger partial charge is 0.265 e. The van der Waals surface area contributed by atoms with Gasteiger partial charge in [0.1, 0.15) is 0 Å². The molecule has 1 rings (SSSR count). The van der Waals surface area contributed by atoms with Crippen molar-refractivity contribution >= 4 is 28.5 Å². The number of hydrogen-bond acceptors (Lipinski definition) is 2. The number of carbonyl (C=O) groups excluding carboxylic acids is 1. The first-order valence-electron chi connectivity index (χ1n) is 3.46. The van der Waals surface area contributed by atoms with Crippen LogP contribution in [0.5, 0.6) is 0 Å². The van der Waals surface area contributed by atoms with Crippen molar-refractivity contribution in [3.63, 3.8) is 0 Å². The van der Waals surface area contributed by atoms with E-state index >= 15 is 0 Å². The number of rotatable bonds is 2. The molecule has 0 atom stereocenters. The van der Waals surface area contributed by atoms with Crippen LogP contribution in [0, 0.1) is 3.57 Å². The molecular weight excluding hydrogens is 267 g/mol. The third-order valence-electron chi connectivity index (χ3n) is 1.34. The highest BCUT2D eigenvalue weighted by molar-refractivity contribution is 14.1. The maximum absolute atomic E-state index is 11.2. The first-order chi connectivity index (χ1) is 5.74. The highest BCUT2D eigenvalue weighted by atomic mass is 127. The number of nitrogens with one attached hydrogen (secondary N) is 2. The Labute approximate surface area is 84.7 Å². The van der Waals surface area contributed by atoms with Crippen LogP contribution in [0.3, 0.4) is 0 Å². The standard InChI is InChI=1S/C8H9IN2O/c1-10-11-8(12)6-2-4-7(9)5-3-6/h2-5,10H,1H3,(H,11,12). The fraction of sp³-hybridized carbons (Fsp3) is 0.125. The van der Waals surface area contributed by atoms with Crippen molar-refractivity contribution < 1.29 is 4.79 Å². The molecular formula is C8H9IN2O. The zero-order valence-corrected chi connectivity index (χ0v) is 8.75. The average molecular weight is 276 g/mol. The van der Waals surface area contributed by atoms with Crippen molar-refractivity contribution in [3.8, 4) is 0 Å². The molecule has 12 heavy (non-hydrogen) atoms.